The summed E-state index contributed by atoms with van der Waals surface area (Å²) in [7, 11) is 0. The zero-order valence-corrected chi connectivity index (χ0v) is 10.8. The minimum absolute atomic E-state index is 0.170. The maximum Gasteiger partial charge on any atom is 0.330 e. The Kier molecular flexibility index (Phi) is 5.58. The molecule has 1 fully saturated rings. The number of hydrogen-bond donors (Lipinski definition) is 0. The molecular formula is C14H24O2. The van der Waals surface area contributed by atoms with Gasteiger partial charge >= 0.3 is 5.97 Å². The van der Waals surface area contributed by atoms with Crippen LogP contribution in [-0.2, 0) is 9.53 Å². The maximum absolute atomic E-state index is 11.5. The van der Waals surface area contributed by atoms with E-state index in [0.717, 1.165) is 0 Å². The molecule has 1 aliphatic rings. The predicted molar refractivity (Wildman–Crippen MR) is 66.1 cm³/mol. The summed E-state index contributed by atoms with van der Waals surface area (Å²) >= 11 is 0. The number of rotatable bonds is 4. The van der Waals surface area contributed by atoms with Crippen LogP contribution in [0.1, 0.15) is 52.9 Å². The molecule has 0 bridgehead atoms. The molecule has 0 amide bonds. The minimum Gasteiger partial charge on any atom is -0.463 e. The number of hydrogen-bond acceptors (Lipinski definition) is 2. The molecule has 0 atom stereocenters. The van der Waals surface area contributed by atoms with E-state index in [2.05, 4.69) is 13.8 Å². The van der Waals surface area contributed by atoms with Crippen LogP contribution in [0.5, 0.6) is 0 Å². The average molecular weight is 224 g/mol. The lowest BCUT2D eigenvalue weighted by molar-refractivity contribution is -0.137. The van der Waals surface area contributed by atoms with Gasteiger partial charge in [-0.1, -0.05) is 38.7 Å². The summed E-state index contributed by atoms with van der Waals surface area (Å²) in [5.41, 5.74) is 1.29. The summed E-state index contributed by atoms with van der Waals surface area (Å²) in [5.74, 6) is 0.891. The fraction of sp³-hybridized carbons (Fsp3) is 0.786. The van der Waals surface area contributed by atoms with Crippen molar-refractivity contribution in [1.82, 2.24) is 0 Å². The number of esters is 1. The summed E-state index contributed by atoms with van der Waals surface area (Å²) in [6.07, 6.45) is 8.17. The molecule has 92 valence electrons. The van der Waals surface area contributed by atoms with Gasteiger partial charge in [-0.05, 0) is 31.6 Å². The Balaban J connectivity index is 2.68. The lowest BCUT2D eigenvalue weighted by Gasteiger charge is -2.26. The van der Waals surface area contributed by atoms with Gasteiger partial charge in [0, 0.05) is 6.08 Å². The number of ether oxygens (including phenoxy) is 1. The van der Waals surface area contributed by atoms with Crippen molar-refractivity contribution in [3.63, 3.8) is 0 Å². The molecule has 0 aromatic carbocycles. The highest BCUT2D eigenvalue weighted by atomic mass is 16.5. The molecule has 1 saturated carbocycles. The Morgan fingerprint density at radius 3 is 2.44 bits per heavy atom. The van der Waals surface area contributed by atoms with Crippen molar-refractivity contribution >= 4 is 5.97 Å². The Morgan fingerprint density at radius 2 is 1.94 bits per heavy atom. The van der Waals surface area contributed by atoms with E-state index >= 15 is 0 Å². The normalized spacial score (nSPS) is 18.9. The van der Waals surface area contributed by atoms with E-state index in [1.54, 1.807) is 6.08 Å². The Labute approximate surface area is 99.1 Å². The molecule has 1 aliphatic carbocycles. The van der Waals surface area contributed by atoms with Crippen molar-refractivity contribution in [2.75, 3.05) is 6.61 Å². The third-order valence-corrected chi connectivity index (χ3v) is 3.31. The van der Waals surface area contributed by atoms with Crippen LogP contribution in [0.3, 0.4) is 0 Å². The minimum atomic E-state index is -0.170. The van der Waals surface area contributed by atoms with Gasteiger partial charge in [-0.2, -0.15) is 0 Å². The molecule has 0 heterocycles. The summed E-state index contributed by atoms with van der Waals surface area (Å²) in [6, 6.07) is 0. The number of carbonyl (C=O) groups is 1. The molecule has 0 saturated heterocycles. The summed E-state index contributed by atoms with van der Waals surface area (Å²) in [5, 5.41) is 0. The van der Waals surface area contributed by atoms with Crippen LogP contribution in [0.25, 0.3) is 0 Å². The monoisotopic (exact) mass is 224 g/mol. The Bertz CT molecular complexity index is 247. The van der Waals surface area contributed by atoms with Gasteiger partial charge in [-0.3, -0.25) is 0 Å². The fourth-order valence-electron chi connectivity index (χ4n) is 2.51. The second-order valence-electron chi connectivity index (χ2n) is 4.89. The molecule has 0 aliphatic heterocycles. The standard InChI is InChI=1S/C14H24O2/c1-4-16-14(15)10-13(11(2)3)12-8-6-5-7-9-12/h10-12H,4-9H2,1-3H3. The highest BCUT2D eigenvalue weighted by molar-refractivity contribution is 5.82. The highest BCUT2D eigenvalue weighted by Gasteiger charge is 2.20. The lowest BCUT2D eigenvalue weighted by atomic mass is 9.79. The van der Waals surface area contributed by atoms with Crippen molar-refractivity contribution in [3.8, 4) is 0 Å². The second kappa shape index (κ2) is 6.72. The molecule has 0 spiro atoms. The van der Waals surface area contributed by atoms with Crippen LogP contribution < -0.4 is 0 Å². The van der Waals surface area contributed by atoms with Crippen LogP contribution in [0.15, 0.2) is 11.6 Å². The molecular weight excluding hydrogens is 200 g/mol. The molecule has 16 heavy (non-hydrogen) atoms. The van der Waals surface area contributed by atoms with Gasteiger partial charge in [0.05, 0.1) is 6.61 Å². The van der Waals surface area contributed by atoms with E-state index in [4.69, 9.17) is 4.74 Å². The maximum atomic E-state index is 11.5. The van der Waals surface area contributed by atoms with Crippen LogP contribution in [-0.4, -0.2) is 12.6 Å². The molecule has 0 unspecified atom stereocenters. The van der Waals surface area contributed by atoms with Crippen LogP contribution >= 0.6 is 0 Å². The van der Waals surface area contributed by atoms with Crippen molar-refractivity contribution < 1.29 is 9.53 Å². The molecule has 0 aromatic rings. The molecule has 0 radical (unpaired) electrons. The molecule has 2 heteroatoms. The molecule has 1 rings (SSSR count). The highest BCUT2D eigenvalue weighted by Crippen LogP contribution is 2.33. The van der Waals surface area contributed by atoms with Crippen molar-refractivity contribution in [3.05, 3.63) is 11.6 Å². The van der Waals surface area contributed by atoms with E-state index in [1.807, 2.05) is 6.92 Å². The second-order valence-corrected chi connectivity index (χ2v) is 4.89. The smallest absolute Gasteiger partial charge is 0.330 e. The number of carbonyl (C=O) groups excluding carboxylic acids is 1. The molecule has 2 nitrogen and oxygen atoms in total. The van der Waals surface area contributed by atoms with E-state index in [1.165, 1.54) is 37.7 Å². The Morgan fingerprint density at radius 1 is 1.31 bits per heavy atom. The number of allylic oxidation sites excluding steroid dienone is 1. The first-order chi connectivity index (χ1) is 7.65. The van der Waals surface area contributed by atoms with Crippen LogP contribution in [0.4, 0.5) is 0 Å². The zero-order valence-electron chi connectivity index (χ0n) is 10.8. The van der Waals surface area contributed by atoms with Gasteiger partial charge in [-0.15, -0.1) is 0 Å². The summed E-state index contributed by atoms with van der Waals surface area (Å²) in [6.45, 7) is 6.64. The first-order valence-electron chi connectivity index (χ1n) is 6.53. The quantitative estimate of drug-likeness (QED) is 0.537. The third-order valence-electron chi connectivity index (χ3n) is 3.31. The Hall–Kier alpha value is -0.790. The lowest BCUT2D eigenvalue weighted by Crippen LogP contribution is -2.15. The largest absolute Gasteiger partial charge is 0.463 e. The van der Waals surface area contributed by atoms with Crippen LogP contribution in [0, 0.1) is 11.8 Å². The van der Waals surface area contributed by atoms with E-state index in [0.29, 0.717) is 18.4 Å². The van der Waals surface area contributed by atoms with Gasteiger partial charge in [-0.25, -0.2) is 4.79 Å². The topological polar surface area (TPSA) is 26.3 Å². The third kappa shape index (κ3) is 3.99. The summed E-state index contributed by atoms with van der Waals surface area (Å²) < 4.78 is 5.00. The SMILES string of the molecule is CCOC(=O)C=C(C(C)C)C1CCCCC1. The van der Waals surface area contributed by atoms with Gasteiger partial charge in [0.2, 0.25) is 0 Å². The van der Waals surface area contributed by atoms with Gasteiger partial charge in [0.1, 0.15) is 0 Å². The predicted octanol–water partition coefficient (Wildman–Crippen LogP) is 3.71. The fourth-order valence-corrected chi connectivity index (χ4v) is 2.51. The first kappa shape index (κ1) is 13.3. The van der Waals surface area contributed by atoms with E-state index in [-0.39, 0.29) is 5.97 Å². The van der Waals surface area contributed by atoms with E-state index < -0.39 is 0 Å². The first-order valence-corrected chi connectivity index (χ1v) is 6.53. The van der Waals surface area contributed by atoms with Gasteiger partial charge in [0.25, 0.3) is 0 Å². The molecule has 0 aromatic heterocycles. The molecule has 0 N–H and O–H groups in total. The van der Waals surface area contributed by atoms with Gasteiger partial charge in [0.15, 0.2) is 0 Å². The summed E-state index contributed by atoms with van der Waals surface area (Å²) in [4.78, 5) is 11.5. The van der Waals surface area contributed by atoms with E-state index in [9.17, 15) is 4.79 Å². The van der Waals surface area contributed by atoms with Crippen molar-refractivity contribution in [2.45, 2.75) is 52.9 Å². The van der Waals surface area contributed by atoms with Gasteiger partial charge < -0.3 is 4.74 Å². The van der Waals surface area contributed by atoms with Crippen LogP contribution in [0.2, 0.25) is 0 Å². The van der Waals surface area contributed by atoms with Crippen molar-refractivity contribution in [1.29, 1.82) is 0 Å². The zero-order chi connectivity index (χ0) is 12.0. The van der Waals surface area contributed by atoms with Crippen molar-refractivity contribution in [2.24, 2.45) is 11.8 Å². The average Bonchev–Trinajstić information content (AvgIpc) is 2.27.